The predicted molar refractivity (Wildman–Crippen MR) is 105 cm³/mol. The van der Waals surface area contributed by atoms with Crippen molar-refractivity contribution in [2.45, 2.75) is 32.2 Å². The minimum Gasteiger partial charge on any atom is -0.544 e. The molecular weight excluding hydrogens is 352 g/mol. The third-order valence-corrected chi connectivity index (χ3v) is 3.77. The van der Waals surface area contributed by atoms with Crippen molar-refractivity contribution in [1.82, 2.24) is 5.32 Å². The lowest BCUT2D eigenvalue weighted by molar-refractivity contribution is -0.682. The molecule has 0 spiro atoms. The number of quaternary nitrogens is 1. The number of thiocarbonyl (C=S) groups is 1. The number of nitrogens with one attached hydrogen (secondary N) is 3. The molecule has 0 fully saturated rings. The second kappa shape index (κ2) is 12.0. The van der Waals surface area contributed by atoms with E-state index in [1.165, 1.54) is 0 Å². The summed E-state index contributed by atoms with van der Waals surface area (Å²) in [5.41, 5.74) is 1.26. The molecule has 0 saturated heterocycles. The normalized spacial score (nSPS) is 11.3. The highest BCUT2D eigenvalue weighted by Crippen LogP contribution is 2.15. The van der Waals surface area contributed by atoms with Gasteiger partial charge in [-0.3, -0.25) is 4.79 Å². The molecule has 5 N–H and O–H groups in total. The van der Waals surface area contributed by atoms with E-state index in [1.54, 1.807) is 35.7 Å². The smallest absolute Gasteiger partial charge is 0.230 e. The Morgan fingerprint density at radius 2 is 2.04 bits per heavy atom. The monoisotopic (exact) mass is 378 g/mol. The second-order valence-corrected chi connectivity index (χ2v) is 6.17. The van der Waals surface area contributed by atoms with Crippen molar-refractivity contribution >= 4 is 40.6 Å². The minimum atomic E-state index is -1.23. The predicted octanol–water partition coefficient (Wildman–Crippen LogP) is -0.0304. The van der Waals surface area contributed by atoms with Crippen LogP contribution in [0.1, 0.15) is 26.2 Å². The van der Waals surface area contributed by atoms with Gasteiger partial charge in [0, 0.05) is 17.9 Å². The van der Waals surface area contributed by atoms with Gasteiger partial charge in [0.05, 0.1) is 18.9 Å². The molecule has 142 valence electrons. The summed E-state index contributed by atoms with van der Waals surface area (Å²) in [6.45, 7) is 6.81. The molecule has 1 rings (SSSR count). The largest absolute Gasteiger partial charge is 0.544 e. The molecule has 0 aliphatic carbocycles. The van der Waals surface area contributed by atoms with E-state index in [9.17, 15) is 14.7 Å². The van der Waals surface area contributed by atoms with Crippen LogP contribution in [0.3, 0.4) is 0 Å². The Kier molecular flexibility index (Phi) is 9.96. The first-order valence-electron chi connectivity index (χ1n) is 8.56. The Bertz CT molecular complexity index is 637. The van der Waals surface area contributed by atoms with Crippen molar-refractivity contribution in [3.63, 3.8) is 0 Å². The summed E-state index contributed by atoms with van der Waals surface area (Å²) >= 11 is 5.14. The van der Waals surface area contributed by atoms with Crippen LogP contribution >= 0.6 is 12.2 Å². The van der Waals surface area contributed by atoms with E-state index in [0.717, 1.165) is 12.8 Å². The number of carboxylic acid groups (broad SMARTS) is 1. The first-order valence-corrected chi connectivity index (χ1v) is 8.97. The van der Waals surface area contributed by atoms with Crippen molar-refractivity contribution < 1.29 is 20.0 Å². The standard InChI is InChI=1S/C18H26N4O3S/c1-3-5-10-19-15(17(24)25)12-16(23)21-13-7-6-8-14(11-13)22-18(26)20-9-4-2/h4,6-8,11,15,19H,2-3,5,9-10,12H2,1H3,(H,21,23)(H,24,25)(H2,20,22,26)/t15-/m0/s1. The zero-order chi connectivity index (χ0) is 19.4. The van der Waals surface area contributed by atoms with Crippen LogP contribution in [-0.2, 0) is 9.59 Å². The Hall–Kier alpha value is -2.45. The molecule has 0 aromatic heterocycles. The van der Waals surface area contributed by atoms with Gasteiger partial charge in [0.15, 0.2) is 5.11 Å². The molecule has 0 saturated carbocycles. The summed E-state index contributed by atoms with van der Waals surface area (Å²) < 4.78 is 0. The van der Waals surface area contributed by atoms with Gasteiger partial charge in [-0.2, -0.15) is 0 Å². The SMILES string of the molecule is C=CCNC(=S)Nc1cccc(NC(=O)C[C@H]([NH2+]CCCC)C(=O)[O-])c1. The number of amides is 1. The van der Waals surface area contributed by atoms with Crippen LogP contribution in [0.4, 0.5) is 11.4 Å². The van der Waals surface area contributed by atoms with Crippen LogP contribution < -0.4 is 26.4 Å². The highest BCUT2D eigenvalue weighted by Gasteiger charge is 2.18. The molecule has 0 aliphatic heterocycles. The summed E-state index contributed by atoms with van der Waals surface area (Å²) in [4.78, 5) is 23.3. The number of hydrogen-bond acceptors (Lipinski definition) is 4. The highest BCUT2D eigenvalue weighted by atomic mass is 32.1. The minimum absolute atomic E-state index is 0.150. The quantitative estimate of drug-likeness (QED) is 0.245. The van der Waals surface area contributed by atoms with Gasteiger partial charge < -0.3 is 31.2 Å². The molecule has 1 aromatic rings. The van der Waals surface area contributed by atoms with Gasteiger partial charge >= 0.3 is 0 Å². The third kappa shape index (κ3) is 8.59. The highest BCUT2D eigenvalue weighted by molar-refractivity contribution is 7.80. The number of rotatable bonds is 11. The van der Waals surface area contributed by atoms with Gasteiger partial charge in [0.1, 0.15) is 6.04 Å². The zero-order valence-corrected chi connectivity index (χ0v) is 15.7. The fraction of sp³-hybridized carbons (Fsp3) is 0.389. The molecule has 8 heteroatoms. The van der Waals surface area contributed by atoms with Crippen LogP contribution in [0.2, 0.25) is 0 Å². The van der Waals surface area contributed by atoms with E-state index in [2.05, 4.69) is 22.5 Å². The number of anilines is 2. The lowest BCUT2D eigenvalue weighted by Crippen LogP contribution is -2.93. The Labute approximate surface area is 159 Å². The summed E-state index contributed by atoms with van der Waals surface area (Å²) in [5.74, 6) is -1.61. The number of nitrogens with two attached hydrogens (primary N) is 1. The fourth-order valence-corrected chi connectivity index (χ4v) is 2.41. The molecule has 1 amide bonds. The van der Waals surface area contributed by atoms with Crippen molar-refractivity contribution in [3.8, 4) is 0 Å². The van der Waals surface area contributed by atoms with Crippen LogP contribution in [0.5, 0.6) is 0 Å². The van der Waals surface area contributed by atoms with E-state index in [-0.39, 0.29) is 12.3 Å². The maximum atomic E-state index is 12.1. The molecule has 1 atom stereocenters. The number of unbranched alkanes of at least 4 members (excludes halogenated alkanes) is 1. The topological polar surface area (TPSA) is 110 Å². The van der Waals surface area contributed by atoms with Gasteiger partial charge in [-0.1, -0.05) is 25.5 Å². The van der Waals surface area contributed by atoms with Gasteiger partial charge in [0.2, 0.25) is 5.91 Å². The molecule has 0 heterocycles. The Morgan fingerprint density at radius 1 is 1.35 bits per heavy atom. The van der Waals surface area contributed by atoms with Crippen LogP contribution in [0, 0.1) is 0 Å². The van der Waals surface area contributed by atoms with Crippen molar-refractivity contribution in [2.24, 2.45) is 0 Å². The average molecular weight is 378 g/mol. The molecule has 0 radical (unpaired) electrons. The second-order valence-electron chi connectivity index (χ2n) is 5.76. The number of hydrogen-bond donors (Lipinski definition) is 4. The molecule has 26 heavy (non-hydrogen) atoms. The molecule has 0 aliphatic rings. The average Bonchev–Trinajstić information content (AvgIpc) is 2.59. The summed E-state index contributed by atoms with van der Waals surface area (Å²) in [6.07, 6.45) is 3.39. The number of benzene rings is 1. The Balaban J connectivity index is 2.59. The number of carboxylic acids is 1. The fourth-order valence-electron chi connectivity index (χ4n) is 2.21. The van der Waals surface area contributed by atoms with Crippen LogP contribution in [-0.4, -0.2) is 36.1 Å². The van der Waals surface area contributed by atoms with Gasteiger partial charge in [0.25, 0.3) is 0 Å². The van der Waals surface area contributed by atoms with E-state index >= 15 is 0 Å². The van der Waals surface area contributed by atoms with Crippen LogP contribution in [0.15, 0.2) is 36.9 Å². The summed E-state index contributed by atoms with van der Waals surface area (Å²) in [6, 6.07) is 6.11. The number of aliphatic carboxylic acids is 1. The lowest BCUT2D eigenvalue weighted by Gasteiger charge is -2.16. The van der Waals surface area contributed by atoms with E-state index < -0.39 is 12.0 Å². The van der Waals surface area contributed by atoms with E-state index in [1.807, 2.05) is 6.92 Å². The van der Waals surface area contributed by atoms with Crippen molar-refractivity contribution in [1.29, 1.82) is 0 Å². The molecule has 7 nitrogen and oxygen atoms in total. The lowest BCUT2D eigenvalue weighted by atomic mass is 10.2. The molecule has 0 bridgehead atoms. The zero-order valence-electron chi connectivity index (χ0n) is 14.9. The molecular formula is C18H26N4O3S. The number of carbonyl (C=O) groups excluding carboxylic acids is 2. The van der Waals surface area contributed by atoms with Crippen molar-refractivity contribution in [2.75, 3.05) is 23.7 Å². The molecule has 0 unspecified atom stereocenters. The first kappa shape index (κ1) is 21.6. The van der Waals surface area contributed by atoms with E-state index in [0.29, 0.717) is 29.6 Å². The molecule has 1 aromatic carbocycles. The van der Waals surface area contributed by atoms with Crippen LogP contribution in [0.25, 0.3) is 0 Å². The van der Waals surface area contributed by atoms with Gasteiger partial charge in [-0.25, -0.2) is 0 Å². The first-order chi connectivity index (χ1) is 12.5. The maximum Gasteiger partial charge on any atom is 0.230 e. The van der Waals surface area contributed by atoms with Gasteiger partial charge in [-0.15, -0.1) is 6.58 Å². The summed E-state index contributed by atoms with van der Waals surface area (Å²) in [7, 11) is 0. The third-order valence-electron chi connectivity index (χ3n) is 3.53. The van der Waals surface area contributed by atoms with Crippen molar-refractivity contribution in [3.05, 3.63) is 36.9 Å². The Morgan fingerprint density at radius 3 is 2.65 bits per heavy atom. The van der Waals surface area contributed by atoms with Gasteiger partial charge in [-0.05, 0) is 36.8 Å². The maximum absolute atomic E-state index is 12.1. The van der Waals surface area contributed by atoms with E-state index in [4.69, 9.17) is 12.2 Å². The number of carbonyl (C=O) groups is 2. The summed E-state index contributed by atoms with van der Waals surface area (Å²) in [5, 5.41) is 21.9.